The number of carbonyl (C=O) groups excluding carboxylic acids is 1. The maximum atomic E-state index is 12.5. The van der Waals surface area contributed by atoms with Crippen molar-refractivity contribution in [3.63, 3.8) is 0 Å². The van der Waals surface area contributed by atoms with Gasteiger partial charge >= 0.3 is 0 Å². The van der Waals surface area contributed by atoms with Crippen LogP contribution in [0.25, 0.3) is 11.3 Å². The summed E-state index contributed by atoms with van der Waals surface area (Å²) in [4.78, 5) is 21.4. The second kappa shape index (κ2) is 7.64. The fourth-order valence-corrected chi connectivity index (χ4v) is 3.53. The lowest BCUT2D eigenvalue weighted by Gasteiger charge is -2.39. The molecule has 27 heavy (non-hydrogen) atoms. The van der Waals surface area contributed by atoms with Gasteiger partial charge in [-0.2, -0.15) is 0 Å². The Morgan fingerprint density at radius 1 is 1.15 bits per heavy atom. The van der Waals surface area contributed by atoms with Gasteiger partial charge in [0.15, 0.2) is 5.76 Å². The summed E-state index contributed by atoms with van der Waals surface area (Å²) < 4.78 is 6.11. The van der Waals surface area contributed by atoms with Crippen molar-refractivity contribution in [1.29, 1.82) is 0 Å². The van der Waals surface area contributed by atoms with Gasteiger partial charge in [0.25, 0.3) is 0 Å². The number of carbonyl (C=O) groups is 1. The molecule has 1 aliphatic rings. The molecule has 146 valence electrons. The molecule has 3 rings (SSSR count). The Morgan fingerprint density at radius 2 is 1.74 bits per heavy atom. The fraction of sp³-hybridized carbons (Fsp3) is 0.524. The van der Waals surface area contributed by atoms with Gasteiger partial charge in [-0.1, -0.05) is 32.4 Å². The van der Waals surface area contributed by atoms with E-state index in [1.807, 2.05) is 56.9 Å². The lowest BCUT2D eigenvalue weighted by Crippen LogP contribution is -2.52. The first-order valence-electron chi connectivity index (χ1n) is 9.43. The van der Waals surface area contributed by atoms with Crippen molar-refractivity contribution >= 4 is 17.5 Å². The molecule has 1 aromatic carbocycles. The van der Waals surface area contributed by atoms with E-state index in [1.54, 1.807) is 0 Å². The highest BCUT2D eigenvalue weighted by atomic mass is 35.5. The zero-order chi connectivity index (χ0) is 19.8. The van der Waals surface area contributed by atoms with Gasteiger partial charge in [0.2, 0.25) is 11.8 Å². The lowest BCUT2D eigenvalue weighted by molar-refractivity contribution is -0.141. The van der Waals surface area contributed by atoms with Gasteiger partial charge in [-0.05, 0) is 38.1 Å². The Labute approximate surface area is 166 Å². The first-order chi connectivity index (χ1) is 12.7. The standard InChI is InChI=1S/C21H28ClN3O2/c1-14-18(16-6-8-17(22)9-7-16)27-19(23-14)15(2)24-10-12-25(13-11-24)20(26)21(3,4)5/h6-9,15H,10-13H2,1-5H3/t15-/m0/s1. The van der Waals surface area contributed by atoms with E-state index in [4.69, 9.17) is 16.0 Å². The van der Waals surface area contributed by atoms with Crippen LogP contribution in [0.5, 0.6) is 0 Å². The molecule has 0 bridgehead atoms. The minimum Gasteiger partial charge on any atom is -0.439 e. The van der Waals surface area contributed by atoms with E-state index in [2.05, 4.69) is 16.8 Å². The van der Waals surface area contributed by atoms with Crippen LogP contribution in [0.2, 0.25) is 5.02 Å². The molecule has 0 N–H and O–H groups in total. The van der Waals surface area contributed by atoms with Gasteiger partial charge in [-0.25, -0.2) is 4.98 Å². The number of aromatic nitrogens is 1. The van der Waals surface area contributed by atoms with Crippen molar-refractivity contribution < 1.29 is 9.21 Å². The molecular weight excluding hydrogens is 362 g/mol. The quantitative estimate of drug-likeness (QED) is 0.772. The smallest absolute Gasteiger partial charge is 0.228 e. The van der Waals surface area contributed by atoms with Crippen LogP contribution in [0.4, 0.5) is 0 Å². The Balaban J connectivity index is 1.69. The van der Waals surface area contributed by atoms with E-state index in [0.717, 1.165) is 43.2 Å². The van der Waals surface area contributed by atoms with Gasteiger partial charge in [-0.15, -0.1) is 0 Å². The van der Waals surface area contributed by atoms with Crippen LogP contribution in [-0.2, 0) is 4.79 Å². The van der Waals surface area contributed by atoms with Crippen LogP contribution in [0.3, 0.4) is 0 Å². The number of benzene rings is 1. The number of rotatable bonds is 3. The molecule has 6 heteroatoms. The summed E-state index contributed by atoms with van der Waals surface area (Å²) >= 11 is 5.98. The van der Waals surface area contributed by atoms with Crippen molar-refractivity contribution in [2.45, 2.75) is 40.7 Å². The zero-order valence-corrected chi connectivity index (χ0v) is 17.5. The van der Waals surface area contributed by atoms with Crippen LogP contribution in [0, 0.1) is 12.3 Å². The van der Waals surface area contributed by atoms with E-state index in [9.17, 15) is 4.79 Å². The molecular formula is C21H28ClN3O2. The monoisotopic (exact) mass is 389 g/mol. The highest BCUT2D eigenvalue weighted by Gasteiger charge is 2.32. The average Bonchev–Trinajstić information content (AvgIpc) is 3.02. The summed E-state index contributed by atoms with van der Waals surface area (Å²) in [5.74, 6) is 1.72. The summed E-state index contributed by atoms with van der Waals surface area (Å²) in [6.45, 7) is 13.1. The predicted molar refractivity (Wildman–Crippen MR) is 108 cm³/mol. The van der Waals surface area contributed by atoms with Crippen molar-refractivity contribution in [1.82, 2.24) is 14.8 Å². The second-order valence-electron chi connectivity index (χ2n) is 8.23. The molecule has 1 aromatic heterocycles. The second-order valence-corrected chi connectivity index (χ2v) is 8.66. The minimum atomic E-state index is -0.332. The molecule has 2 heterocycles. The third-order valence-electron chi connectivity index (χ3n) is 5.07. The van der Waals surface area contributed by atoms with E-state index in [1.165, 1.54) is 0 Å². The first-order valence-corrected chi connectivity index (χ1v) is 9.81. The minimum absolute atomic E-state index is 0.0663. The van der Waals surface area contributed by atoms with E-state index in [-0.39, 0.29) is 17.4 Å². The van der Waals surface area contributed by atoms with E-state index >= 15 is 0 Å². The molecule has 5 nitrogen and oxygen atoms in total. The van der Waals surface area contributed by atoms with E-state index in [0.29, 0.717) is 10.9 Å². The molecule has 1 amide bonds. The number of oxazole rings is 1. The Kier molecular flexibility index (Phi) is 5.63. The number of nitrogens with zero attached hydrogens (tertiary/aromatic N) is 3. The topological polar surface area (TPSA) is 49.6 Å². The summed E-state index contributed by atoms with van der Waals surface area (Å²) in [6.07, 6.45) is 0. The van der Waals surface area contributed by atoms with Crippen LogP contribution < -0.4 is 0 Å². The third kappa shape index (κ3) is 4.36. The average molecular weight is 390 g/mol. The summed E-state index contributed by atoms with van der Waals surface area (Å²) in [6, 6.07) is 7.67. The van der Waals surface area contributed by atoms with Crippen molar-refractivity contribution in [2.75, 3.05) is 26.2 Å². The summed E-state index contributed by atoms with van der Waals surface area (Å²) in [5.41, 5.74) is 1.52. The Hall–Kier alpha value is -1.85. The molecule has 0 saturated carbocycles. The number of aryl methyl sites for hydroxylation is 1. The number of hydrogen-bond donors (Lipinski definition) is 0. The van der Waals surface area contributed by atoms with Crippen molar-refractivity contribution in [3.8, 4) is 11.3 Å². The number of amides is 1. The molecule has 1 aliphatic heterocycles. The van der Waals surface area contributed by atoms with Gasteiger partial charge < -0.3 is 9.32 Å². The van der Waals surface area contributed by atoms with Crippen LogP contribution in [0.15, 0.2) is 28.7 Å². The van der Waals surface area contributed by atoms with Gasteiger partial charge in [-0.3, -0.25) is 9.69 Å². The largest absolute Gasteiger partial charge is 0.439 e. The Morgan fingerprint density at radius 3 is 2.30 bits per heavy atom. The molecule has 0 spiro atoms. The Bertz CT molecular complexity index is 800. The SMILES string of the molecule is Cc1nc([C@H](C)N2CCN(C(=O)C(C)(C)C)CC2)oc1-c1ccc(Cl)cc1. The zero-order valence-electron chi connectivity index (χ0n) is 16.8. The summed E-state index contributed by atoms with van der Waals surface area (Å²) in [7, 11) is 0. The number of halogens is 1. The molecule has 1 saturated heterocycles. The molecule has 0 aliphatic carbocycles. The maximum absolute atomic E-state index is 12.5. The third-order valence-corrected chi connectivity index (χ3v) is 5.32. The van der Waals surface area contributed by atoms with E-state index < -0.39 is 0 Å². The van der Waals surface area contributed by atoms with Gasteiger partial charge in [0.05, 0.1) is 11.7 Å². The molecule has 0 unspecified atom stereocenters. The van der Waals surface area contributed by atoms with Crippen LogP contribution in [-0.4, -0.2) is 46.9 Å². The summed E-state index contributed by atoms with van der Waals surface area (Å²) in [5, 5.41) is 0.701. The normalized spacial score (nSPS) is 17.2. The number of hydrogen-bond acceptors (Lipinski definition) is 4. The van der Waals surface area contributed by atoms with Gasteiger partial charge in [0, 0.05) is 42.2 Å². The fourth-order valence-electron chi connectivity index (χ4n) is 3.41. The van der Waals surface area contributed by atoms with Crippen molar-refractivity contribution in [2.24, 2.45) is 5.41 Å². The molecule has 0 radical (unpaired) electrons. The highest BCUT2D eigenvalue weighted by molar-refractivity contribution is 6.30. The molecule has 2 aromatic rings. The van der Waals surface area contributed by atoms with Crippen LogP contribution in [0.1, 0.15) is 45.3 Å². The number of piperazine rings is 1. The highest BCUT2D eigenvalue weighted by Crippen LogP contribution is 2.30. The molecule has 1 fully saturated rings. The molecule has 1 atom stereocenters. The predicted octanol–water partition coefficient (Wildman–Crippen LogP) is 4.55. The van der Waals surface area contributed by atoms with Crippen molar-refractivity contribution in [3.05, 3.63) is 40.9 Å². The van der Waals surface area contributed by atoms with Crippen LogP contribution >= 0.6 is 11.6 Å². The van der Waals surface area contributed by atoms with Gasteiger partial charge in [0.1, 0.15) is 0 Å². The first kappa shape index (κ1) is 19.9. The lowest BCUT2D eigenvalue weighted by atomic mass is 9.94. The maximum Gasteiger partial charge on any atom is 0.228 e.